The van der Waals surface area contributed by atoms with Gasteiger partial charge in [-0.15, -0.1) is 11.3 Å². The number of carbonyl (C=O) groups excluding carboxylic acids is 1. The molecule has 3 atom stereocenters. The fourth-order valence-corrected chi connectivity index (χ4v) is 4.89. The van der Waals surface area contributed by atoms with E-state index in [4.69, 9.17) is 5.73 Å². The van der Waals surface area contributed by atoms with Crippen LogP contribution in [0.15, 0.2) is 5.38 Å². The van der Waals surface area contributed by atoms with Gasteiger partial charge in [-0.1, -0.05) is 6.92 Å². The second-order valence-electron chi connectivity index (χ2n) is 6.91. The monoisotopic (exact) mass is 306 g/mol. The molecule has 0 saturated carbocycles. The summed E-state index contributed by atoms with van der Waals surface area (Å²) in [7, 11) is 0. The number of thiophene rings is 1. The van der Waals surface area contributed by atoms with Crippen LogP contribution < -0.4 is 5.73 Å². The number of fused-ring (bicyclic) bond motifs is 1. The Bertz CT molecular complexity index is 523. The van der Waals surface area contributed by atoms with Crippen molar-refractivity contribution in [3.63, 3.8) is 0 Å². The maximum absolute atomic E-state index is 12.9. The number of hydrogen-bond acceptors (Lipinski definition) is 3. The van der Waals surface area contributed by atoms with Crippen molar-refractivity contribution < 1.29 is 4.79 Å². The smallest absolute Gasteiger partial charge is 0.254 e. The Kier molecular flexibility index (Phi) is 4.36. The lowest BCUT2D eigenvalue weighted by Crippen LogP contribution is -2.45. The maximum atomic E-state index is 12.9. The molecule has 116 valence electrons. The zero-order chi connectivity index (χ0) is 15.0. The third-order valence-electron chi connectivity index (χ3n) is 5.12. The predicted octanol–water partition coefficient (Wildman–Crippen LogP) is 3.07. The Morgan fingerprint density at radius 3 is 3.05 bits per heavy atom. The molecule has 3 nitrogen and oxygen atoms in total. The minimum absolute atomic E-state index is 0.179. The van der Waals surface area contributed by atoms with Gasteiger partial charge in [0.05, 0.1) is 5.56 Å². The molecule has 0 bridgehead atoms. The van der Waals surface area contributed by atoms with Crippen LogP contribution in [-0.2, 0) is 12.8 Å². The van der Waals surface area contributed by atoms with Gasteiger partial charge in [0.25, 0.3) is 5.91 Å². The van der Waals surface area contributed by atoms with Gasteiger partial charge in [-0.3, -0.25) is 4.79 Å². The lowest BCUT2D eigenvalue weighted by Gasteiger charge is -2.35. The Morgan fingerprint density at radius 2 is 2.29 bits per heavy atom. The summed E-state index contributed by atoms with van der Waals surface area (Å²) in [5.41, 5.74) is 8.36. The van der Waals surface area contributed by atoms with Gasteiger partial charge in [0.2, 0.25) is 0 Å². The summed E-state index contributed by atoms with van der Waals surface area (Å²) in [5.74, 6) is 1.46. The molecule has 2 N–H and O–H groups in total. The van der Waals surface area contributed by atoms with Gasteiger partial charge >= 0.3 is 0 Å². The van der Waals surface area contributed by atoms with E-state index in [1.54, 1.807) is 11.3 Å². The minimum atomic E-state index is 0.179. The van der Waals surface area contributed by atoms with Gasteiger partial charge in [0, 0.05) is 29.4 Å². The molecule has 21 heavy (non-hydrogen) atoms. The first-order chi connectivity index (χ1) is 10.1. The van der Waals surface area contributed by atoms with Crippen LogP contribution >= 0.6 is 11.3 Å². The number of piperidine rings is 1. The summed E-state index contributed by atoms with van der Waals surface area (Å²) in [6, 6.07) is 0.179. The molecule has 2 heterocycles. The maximum Gasteiger partial charge on any atom is 0.254 e. The van der Waals surface area contributed by atoms with Gasteiger partial charge in [0.1, 0.15) is 0 Å². The van der Waals surface area contributed by atoms with E-state index in [0.717, 1.165) is 50.3 Å². The largest absolute Gasteiger partial charge is 0.338 e. The number of likely N-dealkylation sites (tertiary alicyclic amines) is 1. The second kappa shape index (κ2) is 6.09. The fraction of sp³-hybridized carbons (Fsp3) is 0.706. The summed E-state index contributed by atoms with van der Waals surface area (Å²) in [4.78, 5) is 16.4. The van der Waals surface area contributed by atoms with Crippen LogP contribution in [0, 0.1) is 11.8 Å². The average Bonchev–Trinajstić information content (AvgIpc) is 2.89. The van der Waals surface area contributed by atoms with E-state index in [2.05, 4.69) is 19.2 Å². The van der Waals surface area contributed by atoms with E-state index in [0.29, 0.717) is 5.92 Å². The fourth-order valence-electron chi connectivity index (χ4n) is 3.65. The molecule has 4 heteroatoms. The number of hydrogen-bond donors (Lipinski definition) is 1. The Labute approximate surface area is 131 Å². The van der Waals surface area contributed by atoms with E-state index < -0.39 is 0 Å². The van der Waals surface area contributed by atoms with Gasteiger partial charge < -0.3 is 10.6 Å². The van der Waals surface area contributed by atoms with Crippen molar-refractivity contribution in [2.24, 2.45) is 17.6 Å². The van der Waals surface area contributed by atoms with Crippen molar-refractivity contribution in [3.8, 4) is 0 Å². The predicted molar refractivity (Wildman–Crippen MR) is 87.8 cm³/mol. The highest BCUT2D eigenvalue weighted by atomic mass is 32.1. The van der Waals surface area contributed by atoms with Crippen LogP contribution in [0.4, 0.5) is 0 Å². The minimum Gasteiger partial charge on any atom is -0.338 e. The molecule has 2 aliphatic rings. The number of carbonyl (C=O) groups is 1. The van der Waals surface area contributed by atoms with Crippen molar-refractivity contribution in [1.29, 1.82) is 0 Å². The zero-order valence-corrected chi connectivity index (χ0v) is 13.9. The molecular weight excluding hydrogens is 280 g/mol. The molecule has 1 aliphatic carbocycles. The van der Waals surface area contributed by atoms with Gasteiger partial charge in [-0.25, -0.2) is 0 Å². The molecule has 1 amide bonds. The van der Waals surface area contributed by atoms with Crippen LogP contribution in [0.1, 0.15) is 53.9 Å². The normalized spacial score (nSPS) is 27.3. The molecule has 0 aromatic carbocycles. The van der Waals surface area contributed by atoms with Gasteiger partial charge in [-0.2, -0.15) is 0 Å². The van der Waals surface area contributed by atoms with Crippen LogP contribution in [-0.4, -0.2) is 29.9 Å². The van der Waals surface area contributed by atoms with Crippen molar-refractivity contribution in [2.45, 2.75) is 52.0 Å². The standard InChI is InChI=1S/C17H26N2OS/c1-11-5-6-14-15(10-21-16(14)8-11)17(20)19-7-3-4-13(9-19)12(2)18/h10-13H,3-9,18H2,1-2H3. The number of nitrogens with two attached hydrogens (primary N) is 1. The highest BCUT2D eigenvalue weighted by molar-refractivity contribution is 7.10. The Hall–Kier alpha value is -0.870. The SMILES string of the molecule is CC1CCc2c(C(=O)N3CCCC(C(C)N)C3)csc2C1. The molecule has 3 unspecified atom stereocenters. The lowest BCUT2D eigenvalue weighted by atomic mass is 9.87. The van der Waals surface area contributed by atoms with Crippen molar-refractivity contribution >= 4 is 17.2 Å². The van der Waals surface area contributed by atoms with E-state index in [-0.39, 0.29) is 11.9 Å². The molecule has 3 rings (SSSR count). The quantitative estimate of drug-likeness (QED) is 0.912. The van der Waals surface area contributed by atoms with Crippen LogP contribution in [0.25, 0.3) is 0 Å². The summed E-state index contributed by atoms with van der Waals surface area (Å²) in [6.45, 7) is 6.09. The average molecular weight is 306 g/mol. The number of nitrogens with zero attached hydrogens (tertiary/aromatic N) is 1. The second-order valence-corrected chi connectivity index (χ2v) is 7.88. The van der Waals surface area contributed by atoms with Crippen LogP contribution in [0.3, 0.4) is 0 Å². The molecular formula is C17H26N2OS. The van der Waals surface area contributed by atoms with E-state index in [1.165, 1.54) is 16.9 Å². The Balaban J connectivity index is 1.76. The van der Waals surface area contributed by atoms with Gasteiger partial charge in [0.15, 0.2) is 0 Å². The molecule has 1 aliphatic heterocycles. The Morgan fingerprint density at radius 1 is 1.48 bits per heavy atom. The molecule has 0 spiro atoms. The zero-order valence-electron chi connectivity index (χ0n) is 13.1. The molecule has 1 saturated heterocycles. The topological polar surface area (TPSA) is 46.3 Å². The first kappa shape index (κ1) is 15.0. The van der Waals surface area contributed by atoms with E-state index in [1.807, 2.05) is 4.90 Å². The summed E-state index contributed by atoms with van der Waals surface area (Å²) < 4.78 is 0. The molecule has 0 radical (unpaired) electrons. The van der Waals surface area contributed by atoms with Crippen molar-refractivity contribution in [3.05, 3.63) is 21.4 Å². The highest BCUT2D eigenvalue weighted by Gasteiger charge is 2.30. The van der Waals surface area contributed by atoms with Crippen molar-refractivity contribution in [2.75, 3.05) is 13.1 Å². The number of rotatable bonds is 2. The highest BCUT2D eigenvalue weighted by Crippen LogP contribution is 2.34. The number of amides is 1. The summed E-state index contributed by atoms with van der Waals surface area (Å²) >= 11 is 1.78. The lowest BCUT2D eigenvalue weighted by molar-refractivity contribution is 0.0660. The third kappa shape index (κ3) is 3.02. The molecule has 1 aromatic heterocycles. The third-order valence-corrected chi connectivity index (χ3v) is 6.17. The molecule has 1 fully saturated rings. The molecule has 1 aromatic rings. The summed E-state index contributed by atoms with van der Waals surface area (Å²) in [6.07, 6.45) is 5.68. The first-order valence-electron chi connectivity index (χ1n) is 8.20. The summed E-state index contributed by atoms with van der Waals surface area (Å²) in [5, 5.41) is 2.10. The van der Waals surface area contributed by atoms with Crippen LogP contribution in [0.2, 0.25) is 0 Å². The van der Waals surface area contributed by atoms with E-state index in [9.17, 15) is 4.79 Å². The van der Waals surface area contributed by atoms with Crippen LogP contribution in [0.5, 0.6) is 0 Å². The van der Waals surface area contributed by atoms with E-state index >= 15 is 0 Å². The van der Waals surface area contributed by atoms with Crippen molar-refractivity contribution in [1.82, 2.24) is 4.90 Å². The van der Waals surface area contributed by atoms with Gasteiger partial charge in [-0.05, 0) is 56.4 Å². The first-order valence-corrected chi connectivity index (χ1v) is 9.08.